The van der Waals surface area contributed by atoms with Gasteiger partial charge in [-0.1, -0.05) is 0 Å². The van der Waals surface area contributed by atoms with Gasteiger partial charge in [-0.3, -0.25) is 0 Å². The van der Waals surface area contributed by atoms with E-state index in [4.69, 9.17) is 16.2 Å². The number of aromatic nitrogens is 1. The van der Waals surface area contributed by atoms with Crippen LogP contribution in [0.15, 0.2) is 18.2 Å². The summed E-state index contributed by atoms with van der Waals surface area (Å²) < 4.78 is 0. The number of hydrogen-bond acceptors (Lipinski definition) is 1. The molecule has 1 nitrogen and oxygen atoms in total. The first-order valence-corrected chi connectivity index (χ1v) is 13.0. The van der Waals surface area contributed by atoms with Gasteiger partial charge in [-0.2, -0.15) is 0 Å². The van der Waals surface area contributed by atoms with Gasteiger partial charge in [0.2, 0.25) is 0 Å². The van der Waals surface area contributed by atoms with Crippen LogP contribution in [0.3, 0.4) is 0 Å². The van der Waals surface area contributed by atoms with Crippen molar-refractivity contribution < 1.29 is 0 Å². The first kappa shape index (κ1) is 19.9. The molecule has 1 aromatic heterocycles. The zero-order valence-electron chi connectivity index (χ0n) is 15.1. The molecule has 1 heterocycles. The van der Waals surface area contributed by atoms with Gasteiger partial charge in [-0.05, 0) is 0 Å². The van der Waals surface area contributed by atoms with Crippen LogP contribution >= 0.6 is 17.2 Å². The molecule has 3 heteroatoms. The Morgan fingerprint density at radius 2 is 1.41 bits per heavy atom. The van der Waals surface area contributed by atoms with Crippen LogP contribution in [0.2, 0.25) is 0 Å². The summed E-state index contributed by atoms with van der Waals surface area (Å²) in [5, 5.41) is 0. The van der Waals surface area contributed by atoms with Gasteiger partial charge < -0.3 is 0 Å². The summed E-state index contributed by atoms with van der Waals surface area (Å²) in [4.78, 5) is 4.78. The molecule has 0 aliphatic carbocycles. The Morgan fingerprint density at radius 1 is 0.909 bits per heavy atom. The summed E-state index contributed by atoms with van der Waals surface area (Å²) in [5.74, 6) is -2.20. The second-order valence-electron chi connectivity index (χ2n) is 6.98. The Hall–Kier alpha value is -0.130. The minimum absolute atomic E-state index is 1.04. The molecule has 0 aromatic carbocycles. The zero-order valence-corrected chi connectivity index (χ0v) is 16.7. The third-order valence-electron chi connectivity index (χ3n) is 4.71. The van der Waals surface area contributed by atoms with E-state index in [2.05, 4.69) is 45.9 Å². The van der Waals surface area contributed by atoms with Crippen LogP contribution in [-0.2, 0) is 6.16 Å². The maximum absolute atomic E-state index is 7.61. The Bertz CT molecular complexity index is 422. The SMILES string of the molecule is CCCCP(Cl)(CCCC)(CCCC)Cc1cccc(C)n1. The molecule has 0 saturated carbocycles. The van der Waals surface area contributed by atoms with Gasteiger partial charge in [-0.25, -0.2) is 0 Å². The number of halogens is 1. The van der Waals surface area contributed by atoms with Gasteiger partial charge in [0.1, 0.15) is 0 Å². The maximum atomic E-state index is 7.61. The molecule has 0 bridgehead atoms. The van der Waals surface area contributed by atoms with Crippen molar-refractivity contribution in [1.82, 2.24) is 4.98 Å². The van der Waals surface area contributed by atoms with Gasteiger partial charge in [0.15, 0.2) is 0 Å². The number of hydrogen-bond donors (Lipinski definition) is 0. The molecular weight excluding hydrogens is 309 g/mol. The van der Waals surface area contributed by atoms with Gasteiger partial charge in [-0.15, -0.1) is 0 Å². The molecule has 0 atom stereocenters. The van der Waals surface area contributed by atoms with Gasteiger partial charge in [0.05, 0.1) is 0 Å². The van der Waals surface area contributed by atoms with Crippen molar-refractivity contribution in [2.75, 3.05) is 18.5 Å². The number of rotatable bonds is 11. The van der Waals surface area contributed by atoms with Crippen LogP contribution in [0.25, 0.3) is 0 Å². The molecule has 0 aliphatic rings. The number of pyridine rings is 1. The summed E-state index contributed by atoms with van der Waals surface area (Å²) in [6, 6.07) is 6.40. The van der Waals surface area contributed by atoms with E-state index in [1.54, 1.807) is 0 Å². The molecule has 22 heavy (non-hydrogen) atoms. The molecule has 0 aliphatic heterocycles. The Labute approximate surface area is 143 Å². The van der Waals surface area contributed by atoms with E-state index < -0.39 is 5.96 Å². The van der Waals surface area contributed by atoms with E-state index in [1.807, 2.05) is 0 Å². The van der Waals surface area contributed by atoms with E-state index >= 15 is 0 Å². The molecule has 1 aromatic rings. The molecule has 128 valence electrons. The van der Waals surface area contributed by atoms with Crippen molar-refractivity contribution in [3.05, 3.63) is 29.6 Å². The van der Waals surface area contributed by atoms with Crippen LogP contribution in [0, 0.1) is 6.92 Å². The fraction of sp³-hybridized carbons (Fsp3) is 0.737. The fourth-order valence-corrected chi connectivity index (χ4v) is 10.2. The van der Waals surface area contributed by atoms with Crippen molar-refractivity contribution in [3.8, 4) is 0 Å². The number of nitrogens with zero attached hydrogens (tertiary/aromatic N) is 1. The molecular formula is C19H35ClNP. The van der Waals surface area contributed by atoms with E-state index in [1.165, 1.54) is 62.7 Å². The zero-order chi connectivity index (χ0) is 16.5. The van der Waals surface area contributed by atoms with Gasteiger partial charge in [0, 0.05) is 0 Å². The van der Waals surface area contributed by atoms with E-state index in [9.17, 15) is 0 Å². The van der Waals surface area contributed by atoms with Gasteiger partial charge in [0.25, 0.3) is 0 Å². The molecule has 0 N–H and O–H groups in total. The van der Waals surface area contributed by atoms with Crippen LogP contribution in [0.4, 0.5) is 0 Å². The average Bonchev–Trinajstić information content (AvgIpc) is 2.50. The number of unbranched alkanes of at least 4 members (excludes halogenated alkanes) is 3. The predicted octanol–water partition coefficient (Wildman–Crippen LogP) is 7.00. The van der Waals surface area contributed by atoms with Crippen molar-refractivity contribution in [3.63, 3.8) is 0 Å². The van der Waals surface area contributed by atoms with Crippen molar-refractivity contribution in [1.29, 1.82) is 0 Å². The summed E-state index contributed by atoms with van der Waals surface area (Å²) >= 11 is 7.61. The Morgan fingerprint density at radius 3 is 1.82 bits per heavy atom. The van der Waals surface area contributed by atoms with E-state index in [0.29, 0.717) is 0 Å². The third kappa shape index (κ3) is 6.17. The van der Waals surface area contributed by atoms with E-state index in [0.717, 1.165) is 11.9 Å². The molecule has 1 rings (SSSR count). The Kier molecular flexibility index (Phi) is 8.36. The van der Waals surface area contributed by atoms with Crippen LogP contribution in [0.5, 0.6) is 0 Å². The second kappa shape index (κ2) is 9.24. The molecule has 0 unspecified atom stereocenters. The summed E-state index contributed by atoms with van der Waals surface area (Å²) in [6.45, 7) is 8.92. The van der Waals surface area contributed by atoms with Crippen molar-refractivity contribution >= 4 is 17.2 Å². The van der Waals surface area contributed by atoms with Crippen molar-refractivity contribution in [2.24, 2.45) is 0 Å². The Balaban J connectivity index is 3.08. The van der Waals surface area contributed by atoms with Crippen LogP contribution in [-0.4, -0.2) is 23.5 Å². The van der Waals surface area contributed by atoms with Crippen molar-refractivity contribution in [2.45, 2.75) is 72.4 Å². The molecule has 0 spiro atoms. The van der Waals surface area contributed by atoms with Gasteiger partial charge >= 0.3 is 143 Å². The van der Waals surface area contributed by atoms with Crippen LogP contribution < -0.4 is 0 Å². The second-order valence-corrected chi connectivity index (χ2v) is 15.1. The molecule has 0 amide bonds. The molecule has 0 fully saturated rings. The average molecular weight is 344 g/mol. The van der Waals surface area contributed by atoms with E-state index in [-0.39, 0.29) is 0 Å². The van der Waals surface area contributed by atoms with Crippen LogP contribution in [0.1, 0.15) is 70.7 Å². The summed E-state index contributed by atoms with van der Waals surface area (Å²) in [5.41, 5.74) is 2.33. The number of aryl methyl sites for hydroxylation is 1. The quantitative estimate of drug-likeness (QED) is 0.394. The first-order valence-electron chi connectivity index (χ1n) is 9.10. The molecule has 0 saturated heterocycles. The topological polar surface area (TPSA) is 12.9 Å². The fourth-order valence-electron chi connectivity index (χ4n) is 3.32. The minimum atomic E-state index is -2.20. The summed E-state index contributed by atoms with van der Waals surface area (Å²) in [7, 11) is 0. The third-order valence-corrected chi connectivity index (χ3v) is 12.0. The first-order chi connectivity index (χ1) is 10.5. The molecule has 0 radical (unpaired) electrons. The monoisotopic (exact) mass is 343 g/mol. The standard InChI is InChI=1S/C19H35ClNP/c1-5-8-14-22(20,15-9-6-2,16-10-7-3)17-19-13-11-12-18(4)21-19/h11-13H,5-10,14-17H2,1-4H3. The normalized spacial score (nSPS) is 13.8. The summed E-state index contributed by atoms with van der Waals surface area (Å²) in [6.07, 6.45) is 12.3. The predicted molar refractivity (Wildman–Crippen MR) is 105 cm³/mol.